The standard InChI is InChI=1S/C45H47N2O/c1-28(2)34-19-13-20-35(29(3)4)42(34)47-40-24-11-10-23-39(40)46(6)45(47)41-30(5)25-26-38-37-22-14-21-36(43(37)48-44(38)41)33-18-12-17-32(27-33)31-15-8-7-9-16-31/h10-14,17-29,31H,7-9,15-16H2,1-6H3/q+1. The zero-order valence-electron chi connectivity index (χ0n) is 29.3. The minimum atomic E-state index is 0.369. The van der Waals surface area contributed by atoms with Crippen molar-refractivity contribution >= 4 is 33.0 Å². The number of aromatic nitrogens is 2. The smallest absolute Gasteiger partial charge is 0.299 e. The molecule has 0 radical (unpaired) electrons. The van der Waals surface area contributed by atoms with Crippen molar-refractivity contribution < 1.29 is 8.98 Å². The number of rotatable bonds is 6. The number of imidazole rings is 1. The van der Waals surface area contributed by atoms with Gasteiger partial charge < -0.3 is 4.42 Å². The zero-order chi connectivity index (χ0) is 33.1. The van der Waals surface area contributed by atoms with Crippen LogP contribution < -0.4 is 4.57 Å². The van der Waals surface area contributed by atoms with Gasteiger partial charge in [0.1, 0.15) is 16.8 Å². The maximum atomic E-state index is 7.16. The number of nitrogens with zero attached hydrogens (tertiary/aromatic N) is 2. The minimum Gasteiger partial charge on any atom is -0.454 e. The Morgan fingerprint density at radius 2 is 1.40 bits per heavy atom. The van der Waals surface area contributed by atoms with E-state index in [4.69, 9.17) is 4.42 Å². The summed E-state index contributed by atoms with van der Waals surface area (Å²) < 4.78 is 12.1. The molecule has 1 aliphatic carbocycles. The van der Waals surface area contributed by atoms with Crippen molar-refractivity contribution in [3.63, 3.8) is 0 Å². The second-order valence-corrected chi connectivity index (χ2v) is 14.7. The molecule has 0 amide bonds. The summed E-state index contributed by atoms with van der Waals surface area (Å²) in [5.41, 5.74) is 14.6. The third-order valence-electron chi connectivity index (χ3n) is 11.0. The summed E-state index contributed by atoms with van der Waals surface area (Å²) in [6.45, 7) is 11.5. The predicted octanol–water partition coefficient (Wildman–Crippen LogP) is 12.3. The maximum absolute atomic E-state index is 7.16. The van der Waals surface area contributed by atoms with E-state index >= 15 is 0 Å². The summed E-state index contributed by atoms with van der Waals surface area (Å²) in [4.78, 5) is 0. The zero-order valence-corrected chi connectivity index (χ0v) is 29.3. The van der Waals surface area contributed by atoms with Crippen molar-refractivity contribution in [2.24, 2.45) is 7.05 Å². The van der Waals surface area contributed by atoms with Crippen LogP contribution in [0.25, 0.3) is 61.2 Å². The highest BCUT2D eigenvalue weighted by Crippen LogP contribution is 2.44. The molecular formula is C45H47N2O+. The van der Waals surface area contributed by atoms with Gasteiger partial charge in [0.05, 0.1) is 7.05 Å². The molecule has 0 N–H and O–H groups in total. The van der Waals surface area contributed by atoms with Crippen LogP contribution in [-0.4, -0.2) is 4.57 Å². The van der Waals surface area contributed by atoms with Gasteiger partial charge in [0.2, 0.25) is 0 Å². The van der Waals surface area contributed by atoms with Gasteiger partial charge in [-0.05, 0) is 66.3 Å². The fourth-order valence-corrected chi connectivity index (χ4v) is 8.45. The van der Waals surface area contributed by atoms with Gasteiger partial charge in [0.25, 0.3) is 5.82 Å². The lowest BCUT2D eigenvalue weighted by molar-refractivity contribution is -0.633. The monoisotopic (exact) mass is 631 g/mol. The molecule has 0 saturated heterocycles. The third kappa shape index (κ3) is 4.89. The van der Waals surface area contributed by atoms with Crippen molar-refractivity contribution in [2.45, 2.75) is 84.5 Å². The van der Waals surface area contributed by atoms with Crippen LogP contribution in [0.1, 0.15) is 99.8 Å². The molecule has 2 heterocycles. The fourth-order valence-electron chi connectivity index (χ4n) is 8.45. The Balaban J connectivity index is 1.42. The predicted molar refractivity (Wildman–Crippen MR) is 201 cm³/mol. The van der Waals surface area contributed by atoms with Crippen LogP contribution in [-0.2, 0) is 7.05 Å². The lowest BCUT2D eigenvalue weighted by Gasteiger charge is -2.22. The molecule has 242 valence electrons. The van der Waals surface area contributed by atoms with Gasteiger partial charge in [0, 0.05) is 27.5 Å². The third-order valence-corrected chi connectivity index (χ3v) is 11.0. The molecule has 0 atom stereocenters. The van der Waals surface area contributed by atoms with Crippen molar-refractivity contribution in [3.8, 4) is 28.2 Å². The van der Waals surface area contributed by atoms with Crippen LogP contribution >= 0.6 is 0 Å². The topological polar surface area (TPSA) is 21.9 Å². The van der Waals surface area contributed by atoms with Crippen molar-refractivity contribution in [2.75, 3.05) is 0 Å². The summed E-state index contributed by atoms with van der Waals surface area (Å²) in [5, 5.41) is 2.33. The maximum Gasteiger partial charge on any atom is 0.299 e. The molecule has 0 unspecified atom stereocenters. The van der Waals surface area contributed by atoms with Gasteiger partial charge in [-0.25, -0.2) is 4.57 Å². The fraction of sp³-hybridized carbons (Fsp3) is 0.311. The van der Waals surface area contributed by atoms with Gasteiger partial charge >= 0.3 is 0 Å². The van der Waals surface area contributed by atoms with Crippen LogP contribution in [0.4, 0.5) is 0 Å². The molecule has 1 saturated carbocycles. The summed E-state index contributed by atoms with van der Waals surface area (Å²) in [5.74, 6) is 2.55. The highest BCUT2D eigenvalue weighted by Gasteiger charge is 2.33. The van der Waals surface area contributed by atoms with Crippen molar-refractivity contribution in [1.82, 2.24) is 4.57 Å². The summed E-state index contributed by atoms with van der Waals surface area (Å²) >= 11 is 0. The molecular weight excluding hydrogens is 585 g/mol. The molecule has 0 bridgehead atoms. The average Bonchev–Trinajstić information content (AvgIpc) is 3.63. The first kappa shape index (κ1) is 30.7. The number of para-hydroxylation sites is 4. The number of furan rings is 1. The Bertz CT molecular complexity index is 2280. The molecule has 7 aromatic rings. The molecule has 8 rings (SSSR count). The normalized spacial score (nSPS) is 14.3. The van der Waals surface area contributed by atoms with E-state index < -0.39 is 0 Å². The molecule has 2 aromatic heterocycles. The molecule has 3 nitrogen and oxygen atoms in total. The van der Waals surface area contributed by atoms with E-state index in [1.165, 1.54) is 87.6 Å². The van der Waals surface area contributed by atoms with Crippen LogP contribution in [0, 0.1) is 6.92 Å². The van der Waals surface area contributed by atoms with Crippen LogP contribution in [0.2, 0.25) is 0 Å². The first-order valence-corrected chi connectivity index (χ1v) is 18.0. The SMILES string of the molecule is Cc1ccc2c(oc3c(-c4cccc(C5CCCCC5)c4)cccc32)c1-c1n(-c2c(C(C)C)cccc2C(C)C)c2ccccc2[n+]1C. The first-order valence-electron chi connectivity index (χ1n) is 18.0. The Morgan fingerprint density at radius 3 is 2.15 bits per heavy atom. The van der Waals surface area contributed by atoms with E-state index in [9.17, 15) is 0 Å². The lowest BCUT2D eigenvalue weighted by atomic mass is 9.83. The van der Waals surface area contributed by atoms with Crippen molar-refractivity contribution in [3.05, 3.63) is 119 Å². The van der Waals surface area contributed by atoms with Crippen LogP contribution in [0.15, 0.2) is 101 Å². The molecule has 3 heteroatoms. The second kappa shape index (κ2) is 12.1. The highest BCUT2D eigenvalue weighted by atomic mass is 16.3. The highest BCUT2D eigenvalue weighted by molar-refractivity contribution is 6.13. The van der Waals surface area contributed by atoms with E-state index in [1.807, 2.05) is 0 Å². The van der Waals surface area contributed by atoms with E-state index in [0.29, 0.717) is 17.8 Å². The number of hydrogen-bond acceptors (Lipinski definition) is 1. The number of fused-ring (bicyclic) bond motifs is 4. The largest absolute Gasteiger partial charge is 0.454 e. The second-order valence-electron chi connectivity index (χ2n) is 14.7. The molecule has 1 aliphatic rings. The quantitative estimate of drug-likeness (QED) is 0.167. The van der Waals surface area contributed by atoms with E-state index in [2.05, 4.69) is 148 Å². The van der Waals surface area contributed by atoms with Gasteiger partial charge in [-0.15, -0.1) is 0 Å². The van der Waals surface area contributed by atoms with Crippen LogP contribution in [0.3, 0.4) is 0 Å². The first-order chi connectivity index (χ1) is 23.3. The Hall–Kier alpha value is -4.63. The van der Waals surface area contributed by atoms with Gasteiger partial charge in [-0.2, -0.15) is 4.57 Å². The Kier molecular flexibility index (Phi) is 7.74. The van der Waals surface area contributed by atoms with E-state index in [1.54, 1.807) is 0 Å². The van der Waals surface area contributed by atoms with Gasteiger partial charge in [-0.3, -0.25) is 0 Å². The van der Waals surface area contributed by atoms with E-state index in [0.717, 1.165) is 27.9 Å². The molecule has 48 heavy (non-hydrogen) atoms. The summed E-state index contributed by atoms with van der Waals surface area (Å²) in [6, 6.07) is 36.2. The summed E-state index contributed by atoms with van der Waals surface area (Å²) in [6.07, 6.45) is 6.64. The Labute approximate surface area is 284 Å². The molecule has 1 fully saturated rings. The van der Waals surface area contributed by atoms with Gasteiger partial charge in [-0.1, -0.05) is 132 Å². The molecule has 0 aliphatic heterocycles. The van der Waals surface area contributed by atoms with Crippen molar-refractivity contribution in [1.29, 1.82) is 0 Å². The number of aryl methyl sites for hydroxylation is 2. The summed E-state index contributed by atoms with van der Waals surface area (Å²) in [7, 11) is 2.21. The molecule has 0 spiro atoms. The van der Waals surface area contributed by atoms with E-state index in [-0.39, 0.29) is 0 Å². The number of hydrogen-bond donors (Lipinski definition) is 0. The lowest BCUT2D eigenvalue weighted by Crippen LogP contribution is -2.30. The molecule has 5 aromatic carbocycles. The van der Waals surface area contributed by atoms with Gasteiger partial charge in [0.15, 0.2) is 16.6 Å². The Morgan fingerprint density at radius 1 is 0.708 bits per heavy atom. The minimum absolute atomic E-state index is 0.369. The average molecular weight is 632 g/mol. The number of benzene rings is 5. The van der Waals surface area contributed by atoms with Crippen LogP contribution in [0.5, 0.6) is 0 Å².